The fourth-order valence-corrected chi connectivity index (χ4v) is 4.59. The fourth-order valence-electron chi connectivity index (χ4n) is 2.91. The van der Waals surface area contributed by atoms with Gasteiger partial charge in [0.25, 0.3) is 0 Å². The largest absolute Gasteiger partial charge is 0.348 e. The number of rotatable bonds is 5. The molecule has 2 N–H and O–H groups in total. The molecule has 2 atom stereocenters. The van der Waals surface area contributed by atoms with Crippen LogP contribution in [0.2, 0.25) is 0 Å². The van der Waals surface area contributed by atoms with Crippen molar-refractivity contribution in [2.24, 2.45) is 0 Å². The van der Waals surface area contributed by atoms with Gasteiger partial charge in [0, 0.05) is 18.3 Å². The van der Waals surface area contributed by atoms with Crippen LogP contribution >= 0.6 is 0 Å². The van der Waals surface area contributed by atoms with Crippen LogP contribution in [0, 0.1) is 0 Å². The third-order valence-corrected chi connectivity index (χ3v) is 6.16. The SMILES string of the molecule is C[C@H](NC(=O)[C@H]1CCCN1S(=O)(=O)c1ccccc1)c1cn[nH]c1. The topological polar surface area (TPSA) is 95.2 Å². The zero-order chi connectivity index (χ0) is 17.2. The van der Waals surface area contributed by atoms with Crippen molar-refractivity contribution in [2.75, 3.05) is 6.54 Å². The van der Waals surface area contributed by atoms with Crippen molar-refractivity contribution in [3.63, 3.8) is 0 Å². The Labute approximate surface area is 141 Å². The van der Waals surface area contributed by atoms with Gasteiger partial charge in [0.05, 0.1) is 17.1 Å². The van der Waals surface area contributed by atoms with E-state index < -0.39 is 16.1 Å². The highest BCUT2D eigenvalue weighted by Gasteiger charge is 2.39. The summed E-state index contributed by atoms with van der Waals surface area (Å²) in [6, 6.07) is 7.31. The molecule has 2 heterocycles. The maximum atomic E-state index is 12.8. The molecule has 2 aromatic rings. The number of carbonyl (C=O) groups is 1. The molecule has 1 aromatic heterocycles. The van der Waals surface area contributed by atoms with E-state index in [-0.39, 0.29) is 16.8 Å². The molecule has 0 radical (unpaired) electrons. The van der Waals surface area contributed by atoms with E-state index >= 15 is 0 Å². The first-order chi connectivity index (χ1) is 11.5. The molecular weight excluding hydrogens is 328 g/mol. The molecule has 0 saturated carbocycles. The number of aromatic nitrogens is 2. The number of benzene rings is 1. The van der Waals surface area contributed by atoms with Crippen LogP contribution in [-0.2, 0) is 14.8 Å². The molecule has 8 heteroatoms. The van der Waals surface area contributed by atoms with Crippen LogP contribution in [0.4, 0.5) is 0 Å². The average molecular weight is 348 g/mol. The number of aromatic amines is 1. The lowest BCUT2D eigenvalue weighted by Gasteiger charge is -2.24. The van der Waals surface area contributed by atoms with Gasteiger partial charge in [0.1, 0.15) is 6.04 Å². The Hall–Kier alpha value is -2.19. The Bertz CT molecular complexity index is 790. The van der Waals surface area contributed by atoms with Gasteiger partial charge < -0.3 is 5.32 Å². The average Bonchev–Trinajstić information content (AvgIpc) is 3.27. The number of sulfonamides is 1. The zero-order valence-corrected chi connectivity index (χ0v) is 14.2. The van der Waals surface area contributed by atoms with Crippen molar-refractivity contribution in [1.82, 2.24) is 19.8 Å². The Morgan fingerprint density at radius 3 is 2.79 bits per heavy atom. The molecule has 0 aliphatic carbocycles. The first-order valence-electron chi connectivity index (χ1n) is 7.86. The molecule has 0 bridgehead atoms. The molecule has 1 fully saturated rings. The van der Waals surface area contributed by atoms with Crippen molar-refractivity contribution in [2.45, 2.75) is 36.7 Å². The Kier molecular flexibility index (Phi) is 4.68. The van der Waals surface area contributed by atoms with Gasteiger partial charge in [0.15, 0.2) is 0 Å². The maximum Gasteiger partial charge on any atom is 0.243 e. The molecule has 1 aliphatic rings. The molecule has 128 valence electrons. The summed E-state index contributed by atoms with van der Waals surface area (Å²) in [4.78, 5) is 12.8. The highest BCUT2D eigenvalue weighted by molar-refractivity contribution is 7.89. The molecule has 1 saturated heterocycles. The molecule has 1 amide bonds. The van der Waals surface area contributed by atoms with E-state index in [1.165, 1.54) is 4.31 Å². The highest BCUT2D eigenvalue weighted by Crippen LogP contribution is 2.26. The van der Waals surface area contributed by atoms with Gasteiger partial charge in [-0.2, -0.15) is 9.40 Å². The minimum atomic E-state index is -3.67. The molecular formula is C16H20N4O3S. The quantitative estimate of drug-likeness (QED) is 0.855. The number of nitrogens with one attached hydrogen (secondary N) is 2. The lowest BCUT2D eigenvalue weighted by Crippen LogP contribution is -2.46. The van der Waals surface area contributed by atoms with Crippen molar-refractivity contribution in [3.05, 3.63) is 48.3 Å². The number of hydrogen-bond acceptors (Lipinski definition) is 4. The minimum absolute atomic E-state index is 0.215. The van der Waals surface area contributed by atoms with Gasteiger partial charge in [-0.25, -0.2) is 8.42 Å². The molecule has 0 spiro atoms. The maximum absolute atomic E-state index is 12.8. The second-order valence-electron chi connectivity index (χ2n) is 5.85. The van der Waals surface area contributed by atoms with Gasteiger partial charge in [-0.3, -0.25) is 9.89 Å². The van der Waals surface area contributed by atoms with Crippen molar-refractivity contribution in [3.8, 4) is 0 Å². The first-order valence-corrected chi connectivity index (χ1v) is 9.30. The van der Waals surface area contributed by atoms with Gasteiger partial charge in [-0.15, -0.1) is 0 Å². The lowest BCUT2D eigenvalue weighted by molar-refractivity contribution is -0.124. The smallest absolute Gasteiger partial charge is 0.243 e. The Balaban J connectivity index is 1.77. The van der Waals surface area contributed by atoms with Crippen molar-refractivity contribution >= 4 is 15.9 Å². The first kappa shape index (κ1) is 16.7. The number of amides is 1. The van der Waals surface area contributed by atoms with Crippen molar-refractivity contribution < 1.29 is 13.2 Å². The lowest BCUT2D eigenvalue weighted by atomic mass is 10.1. The zero-order valence-electron chi connectivity index (χ0n) is 13.3. The monoisotopic (exact) mass is 348 g/mol. The van der Waals surface area contributed by atoms with E-state index in [9.17, 15) is 13.2 Å². The van der Waals surface area contributed by atoms with E-state index in [1.807, 2.05) is 6.92 Å². The van der Waals surface area contributed by atoms with Gasteiger partial charge in [0.2, 0.25) is 15.9 Å². The molecule has 3 rings (SSSR count). The van der Waals surface area contributed by atoms with E-state index in [2.05, 4.69) is 15.5 Å². The summed E-state index contributed by atoms with van der Waals surface area (Å²) in [5.74, 6) is -0.277. The minimum Gasteiger partial charge on any atom is -0.348 e. The van der Waals surface area contributed by atoms with E-state index in [0.717, 1.165) is 5.56 Å². The normalized spacial score (nSPS) is 20.0. The Morgan fingerprint density at radius 2 is 2.12 bits per heavy atom. The van der Waals surface area contributed by atoms with Gasteiger partial charge >= 0.3 is 0 Å². The number of H-pyrrole nitrogens is 1. The predicted octanol–water partition coefficient (Wildman–Crippen LogP) is 1.44. The van der Waals surface area contributed by atoms with Crippen LogP contribution in [-0.4, -0.2) is 41.4 Å². The fraction of sp³-hybridized carbons (Fsp3) is 0.375. The van der Waals surface area contributed by atoms with Crippen molar-refractivity contribution in [1.29, 1.82) is 0 Å². The summed E-state index contributed by atoms with van der Waals surface area (Å²) in [6.45, 7) is 2.20. The van der Waals surface area contributed by atoms with Gasteiger partial charge in [-0.05, 0) is 31.9 Å². The summed E-state index contributed by atoms with van der Waals surface area (Å²) in [5, 5.41) is 9.43. The molecule has 1 aromatic carbocycles. The van der Waals surface area contributed by atoms with Crippen LogP contribution in [0.5, 0.6) is 0 Å². The van der Waals surface area contributed by atoms with E-state index in [0.29, 0.717) is 19.4 Å². The summed E-state index contributed by atoms with van der Waals surface area (Å²) in [6.07, 6.45) is 4.54. The predicted molar refractivity (Wildman–Crippen MR) is 88.5 cm³/mol. The summed E-state index contributed by atoms with van der Waals surface area (Å²) in [7, 11) is -3.67. The third-order valence-electron chi connectivity index (χ3n) is 4.23. The second kappa shape index (κ2) is 6.74. The summed E-state index contributed by atoms with van der Waals surface area (Å²) >= 11 is 0. The summed E-state index contributed by atoms with van der Waals surface area (Å²) < 4.78 is 26.9. The van der Waals surface area contributed by atoms with Crippen LogP contribution in [0.25, 0.3) is 0 Å². The molecule has 1 aliphatic heterocycles. The number of carbonyl (C=O) groups excluding carboxylic acids is 1. The van der Waals surface area contributed by atoms with Crippen LogP contribution < -0.4 is 5.32 Å². The highest BCUT2D eigenvalue weighted by atomic mass is 32.2. The van der Waals surface area contributed by atoms with Crippen LogP contribution in [0.15, 0.2) is 47.6 Å². The molecule has 0 unspecified atom stereocenters. The van der Waals surface area contributed by atoms with Gasteiger partial charge in [-0.1, -0.05) is 18.2 Å². The number of nitrogens with zero attached hydrogens (tertiary/aromatic N) is 2. The standard InChI is InChI=1S/C16H20N4O3S/c1-12(13-10-17-18-11-13)19-16(21)15-8-5-9-20(15)24(22,23)14-6-3-2-4-7-14/h2-4,6-7,10-12,15H,5,8-9H2,1H3,(H,17,18)(H,19,21)/t12-,15+/m0/s1. The molecule has 24 heavy (non-hydrogen) atoms. The third kappa shape index (κ3) is 3.20. The number of hydrogen-bond donors (Lipinski definition) is 2. The summed E-state index contributed by atoms with van der Waals surface area (Å²) in [5.41, 5.74) is 0.846. The Morgan fingerprint density at radius 1 is 1.38 bits per heavy atom. The second-order valence-corrected chi connectivity index (χ2v) is 7.74. The van der Waals surface area contributed by atoms with E-state index in [4.69, 9.17) is 0 Å². The molecule has 7 nitrogen and oxygen atoms in total. The van der Waals surface area contributed by atoms with Crippen LogP contribution in [0.1, 0.15) is 31.4 Å². The van der Waals surface area contributed by atoms with E-state index in [1.54, 1.807) is 42.7 Å². The van der Waals surface area contributed by atoms with Crippen LogP contribution in [0.3, 0.4) is 0 Å².